The maximum Gasteiger partial charge on any atom is 0.352 e. The maximum atomic E-state index is 13.2. The van der Waals surface area contributed by atoms with Crippen LogP contribution in [0.2, 0.25) is 0 Å². The van der Waals surface area contributed by atoms with Crippen molar-refractivity contribution < 1.29 is 43.2 Å². The van der Waals surface area contributed by atoms with E-state index in [-0.39, 0.29) is 36.8 Å². The van der Waals surface area contributed by atoms with Gasteiger partial charge in [0.25, 0.3) is 0 Å². The van der Waals surface area contributed by atoms with E-state index in [1.165, 1.54) is 28.0 Å². The molecule has 1 amide bonds. The van der Waals surface area contributed by atoms with Gasteiger partial charge in [0, 0.05) is 57.9 Å². The first kappa shape index (κ1) is 33.1. The minimum Gasteiger partial charge on any atom is -0.493 e. The number of hydrogen-bond acceptors (Lipinski definition) is 10. The van der Waals surface area contributed by atoms with Gasteiger partial charge in [0.15, 0.2) is 5.60 Å². The van der Waals surface area contributed by atoms with Crippen molar-refractivity contribution in [1.82, 2.24) is 4.90 Å². The number of ketones is 1. The van der Waals surface area contributed by atoms with Crippen molar-refractivity contribution in [2.75, 3.05) is 19.0 Å². The van der Waals surface area contributed by atoms with E-state index >= 15 is 0 Å². The standard InChI is InChI=1S/C39H33NO9S2/c1-2-3-14-46-24-10-12-30-32(18-24)48-33-19-25(11-13-31(33)39(30)29-9-5-4-8-27(29)38(45)49-39)47-20-22-21-51-36-28(35(42)40(36)34(22)37(43)44)17-23(41)16-26-7-6-15-50-26/h4-13,15,18-19,28,36H,2-3,14,16-17,20-21H2,1H3,(H,43,44). The van der Waals surface area contributed by atoms with Crippen molar-refractivity contribution in [3.05, 3.63) is 117 Å². The van der Waals surface area contributed by atoms with Gasteiger partial charge in [0.1, 0.15) is 41.1 Å². The van der Waals surface area contributed by atoms with E-state index in [9.17, 15) is 24.3 Å². The highest BCUT2D eigenvalue weighted by molar-refractivity contribution is 8.00. The van der Waals surface area contributed by atoms with Crippen LogP contribution >= 0.6 is 23.1 Å². The van der Waals surface area contributed by atoms with Crippen molar-refractivity contribution in [2.24, 2.45) is 5.92 Å². The Labute approximate surface area is 302 Å². The van der Waals surface area contributed by atoms with Crippen LogP contribution in [-0.2, 0) is 31.1 Å². The third-order valence-electron chi connectivity index (χ3n) is 9.60. The summed E-state index contributed by atoms with van der Waals surface area (Å²) in [6.45, 7) is 2.56. The van der Waals surface area contributed by atoms with Gasteiger partial charge < -0.3 is 24.1 Å². The van der Waals surface area contributed by atoms with E-state index in [1.54, 1.807) is 36.4 Å². The number of ether oxygens (including phenoxy) is 4. The van der Waals surface area contributed by atoms with Crippen LogP contribution in [0.3, 0.4) is 0 Å². The molecule has 1 N–H and O–H groups in total. The molecule has 4 aromatic rings. The van der Waals surface area contributed by atoms with Crippen LogP contribution in [0.15, 0.2) is 89.4 Å². The Morgan fingerprint density at radius 1 is 0.961 bits per heavy atom. The molecule has 4 aliphatic rings. The van der Waals surface area contributed by atoms with Crippen LogP contribution in [0.5, 0.6) is 23.0 Å². The van der Waals surface area contributed by atoms with Crippen molar-refractivity contribution >= 4 is 46.7 Å². The second kappa shape index (κ2) is 13.2. The van der Waals surface area contributed by atoms with Gasteiger partial charge in [-0.2, -0.15) is 0 Å². The first-order chi connectivity index (χ1) is 24.8. The molecule has 0 radical (unpaired) electrons. The van der Waals surface area contributed by atoms with Crippen LogP contribution in [0.25, 0.3) is 0 Å². The van der Waals surface area contributed by atoms with E-state index in [0.717, 1.165) is 17.7 Å². The Kier molecular flexibility index (Phi) is 8.59. The smallest absolute Gasteiger partial charge is 0.352 e. The number of carboxylic acids is 1. The minimum absolute atomic E-state index is 0.0406. The number of thioether (sulfide) groups is 1. The summed E-state index contributed by atoms with van der Waals surface area (Å²) in [6.07, 6.45) is 2.23. The van der Waals surface area contributed by atoms with Crippen LogP contribution in [0.1, 0.15) is 58.1 Å². The zero-order chi connectivity index (χ0) is 35.3. The van der Waals surface area contributed by atoms with E-state index in [2.05, 4.69) is 6.92 Å². The van der Waals surface area contributed by atoms with Gasteiger partial charge in [-0.25, -0.2) is 9.59 Å². The normalized spacial score (nSPS) is 21.2. The van der Waals surface area contributed by atoms with Crippen LogP contribution in [0.4, 0.5) is 0 Å². The molecule has 3 aromatic carbocycles. The number of benzene rings is 3. The number of aliphatic carboxylic acids is 1. The highest BCUT2D eigenvalue weighted by Crippen LogP contribution is 2.57. The SMILES string of the molecule is CCCCOc1ccc2c(c1)Oc1cc(OCC3=C(C(=O)O)N4C(=O)C(CC(=O)Cc5cccs5)C4SC3)ccc1C21OC(=O)c2ccccc21. The highest BCUT2D eigenvalue weighted by Gasteiger charge is 2.55. The Bertz CT molecular complexity index is 2110. The molecule has 1 saturated heterocycles. The van der Waals surface area contributed by atoms with E-state index in [0.29, 0.717) is 63.2 Å². The molecular weight excluding hydrogens is 691 g/mol. The molecule has 10 nitrogen and oxygen atoms in total. The number of amides is 1. The average molecular weight is 724 g/mol. The monoisotopic (exact) mass is 723 g/mol. The fraction of sp³-hybridized carbons (Fsp3) is 0.282. The molecular formula is C39H33NO9S2. The quantitative estimate of drug-likeness (QED) is 0.0932. The molecule has 0 saturated carbocycles. The van der Waals surface area contributed by atoms with E-state index < -0.39 is 28.8 Å². The average Bonchev–Trinajstić information content (AvgIpc) is 3.75. The molecule has 51 heavy (non-hydrogen) atoms. The highest BCUT2D eigenvalue weighted by atomic mass is 32.2. The summed E-state index contributed by atoms with van der Waals surface area (Å²) >= 11 is 2.93. The van der Waals surface area contributed by atoms with E-state index in [1.807, 2.05) is 41.8 Å². The molecule has 1 aromatic heterocycles. The number of carboxylic acid groups (broad SMARTS) is 1. The van der Waals surface area contributed by atoms with Crippen molar-refractivity contribution in [2.45, 2.75) is 43.6 Å². The molecule has 3 atom stereocenters. The van der Waals surface area contributed by atoms with Crippen molar-refractivity contribution in [1.29, 1.82) is 0 Å². The number of carbonyl (C=O) groups is 4. The third kappa shape index (κ3) is 5.66. The third-order valence-corrected chi connectivity index (χ3v) is 11.9. The van der Waals surface area contributed by atoms with Gasteiger partial charge in [-0.3, -0.25) is 14.5 Å². The van der Waals surface area contributed by atoms with E-state index in [4.69, 9.17) is 18.9 Å². The second-order valence-electron chi connectivity index (χ2n) is 12.8. The zero-order valence-corrected chi connectivity index (χ0v) is 29.2. The predicted octanol–water partition coefficient (Wildman–Crippen LogP) is 6.95. The molecule has 1 fully saturated rings. The molecule has 12 heteroatoms. The fourth-order valence-electron chi connectivity index (χ4n) is 7.18. The lowest BCUT2D eigenvalue weighted by Gasteiger charge is -2.49. The topological polar surface area (TPSA) is 129 Å². The number of nitrogens with zero attached hydrogens (tertiary/aromatic N) is 1. The summed E-state index contributed by atoms with van der Waals surface area (Å²) in [5, 5.41) is 11.7. The Balaban J connectivity index is 1.05. The van der Waals surface area contributed by atoms with Crippen LogP contribution in [0, 0.1) is 5.92 Å². The number of Topliss-reactive ketones (excluding diaryl/α,β-unsaturated/α-hetero) is 1. The molecule has 0 aliphatic carbocycles. The summed E-state index contributed by atoms with van der Waals surface area (Å²) in [6, 6.07) is 21.8. The number of thiophene rings is 1. The molecule has 4 aliphatic heterocycles. The molecule has 1 spiro atoms. The summed E-state index contributed by atoms with van der Waals surface area (Å²) in [7, 11) is 0. The van der Waals surface area contributed by atoms with Crippen molar-refractivity contribution in [3.8, 4) is 23.0 Å². The Morgan fingerprint density at radius 2 is 1.71 bits per heavy atom. The zero-order valence-electron chi connectivity index (χ0n) is 27.6. The number of unbranched alkanes of at least 4 members (excludes halogenated alkanes) is 1. The number of β-lactam (4-membered cyclic amide) rings is 1. The fourth-order valence-corrected chi connectivity index (χ4v) is 9.30. The molecule has 0 bridgehead atoms. The van der Waals surface area contributed by atoms with Crippen LogP contribution < -0.4 is 14.2 Å². The predicted molar refractivity (Wildman–Crippen MR) is 189 cm³/mol. The van der Waals surface area contributed by atoms with Crippen molar-refractivity contribution in [3.63, 3.8) is 0 Å². The minimum atomic E-state index is -1.26. The number of rotatable bonds is 12. The number of esters is 1. The van der Waals surface area contributed by atoms with Gasteiger partial charge in [-0.1, -0.05) is 37.6 Å². The Morgan fingerprint density at radius 3 is 2.41 bits per heavy atom. The molecule has 3 unspecified atom stereocenters. The number of hydrogen-bond donors (Lipinski definition) is 1. The lowest BCUT2D eigenvalue weighted by Crippen LogP contribution is -2.62. The molecule has 260 valence electrons. The lowest BCUT2D eigenvalue weighted by molar-refractivity contribution is -0.154. The molecule has 8 rings (SSSR count). The number of carbonyl (C=O) groups excluding carboxylic acids is 3. The summed E-state index contributed by atoms with van der Waals surface area (Å²) in [5.74, 6) is -0.379. The summed E-state index contributed by atoms with van der Waals surface area (Å²) < 4.78 is 24.8. The summed E-state index contributed by atoms with van der Waals surface area (Å²) in [4.78, 5) is 53.9. The maximum absolute atomic E-state index is 13.2. The van der Waals surface area contributed by atoms with Gasteiger partial charge >= 0.3 is 11.9 Å². The molecule has 5 heterocycles. The van der Waals surface area contributed by atoms with Gasteiger partial charge in [-0.15, -0.1) is 23.1 Å². The Hall–Kier alpha value is -5.07. The number of fused-ring (bicyclic) bond motifs is 7. The largest absolute Gasteiger partial charge is 0.493 e. The van der Waals surface area contributed by atoms with Crippen LogP contribution in [-0.4, -0.2) is 58.0 Å². The lowest BCUT2D eigenvalue weighted by atomic mass is 9.77. The van der Waals surface area contributed by atoms with Gasteiger partial charge in [0.05, 0.1) is 23.5 Å². The first-order valence-corrected chi connectivity index (χ1v) is 18.7. The summed E-state index contributed by atoms with van der Waals surface area (Å²) in [5.41, 5.74) is 1.55. The van der Waals surface area contributed by atoms with Gasteiger partial charge in [-0.05, 0) is 48.2 Å². The first-order valence-electron chi connectivity index (χ1n) is 16.8. The second-order valence-corrected chi connectivity index (χ2v) is 14.9. The van der Waals surface area contributed by atoms with Gasteiger partial charge in [0.2, 0.25) is 5.91 Å².